The van der Waals surface area contributed by atoms with Crippen molar-refractivity contribution in [1.29, 1.82) is 0 Å². The zero-order valence-corrected chi connectivity index (χ0v) is 14.9. The molecule has 1 atom stereocenters. The van der Waals surface area contributed by atoms with Crippen LogP contribution in [0.1, 0.15) is 35.1 Å². The van der Waals surface area contributed by atoms with Gasteiger partial charge in [0.1, 0.15) is 17.1 Å². The van der Waals surface area contributed by atoms with E-state index in [1.165, 1.54) is 0 Å². The normalized spacial score (nSPS) is 14.7. The number of nitrogens with one attached hydrogen (secondary N) is 1. The van der Waals surface area contributed by atoms with Crippen LogP contribution in [-0.2, 0) is 15.6 Å². The highest BCUT2D eigenvalue weighted by Gasteiger charge is 2.30. The molecule has 0 saturated carbocycles. The van der Waals surface area contributed by atoms with Gasteiger partial charge in [0.2, 0.25) is 10.0 Å². The minimum absolute atomic E-state index is 0.136. The van der Waals surface area contributed by atoms with Crippen LogP contribution in [0.15, 0.2) is 33.6 Å². The molecule has 0 bridgehead atoms. The standard InChI is InChI=1S/C17H23NO4S/c1-11-6-7-12(2)16(8-11)23(20,21)18-10-17(5,19)15-9-13(3)22-14(15)4/h6-9,18-19H,10H2,1-5H3. The fourth-order valence-corrected chi connectivity index (χ4v) is 4.03. The maximum absolute atomic E-state index is 12.5. The molecule has 0 saturated heterocycles. The summed E-state index contributed by atoms with van der Waals surface area (Å²) in [7, 11) is -3.70. The Bertz CT molecular complexity index is 819. The third-order valence-corrected chi connectivity index (χ3v) is 5.40. The molecule has 0 amide bonds. The van der Waals surface area contributed by atoms with Crippen molar-refractivity contribution in [3.63, 3.8) is 0 Å². The van der Waals surface area contributed by atoms with Crippen LogP contribution in [-0.4, -0.2) is 20.1 Å². The van der Waals surface area contributed by atoms with Gasteiger partial charge in [0.15, 0.2) is 0 Å². The second-order valence-corrected chi connectivity index (χ2v) is 7.93. The van der Waals surface area contributed by atoms with Gasteiger partial charge in [0.25, 0.3) is 0 Å². The summed E-state index contributed by atoms with van der Waals surface area (Å²) in [6.07, 6.45) is 0. The summed E-state index contributed by atoms with van der Waals surface area (Å²) in [5, 5.41) is 10.6. The molecule has 2 N–H and O–H groups in total. The summed E-state index contributed by atoms with van der Waals surface area (Å²) in [5.41, 5.74) is 0.757. The molecular formula is C17H23NO4S. The van der Waals surface area contributed by atoms with Crippen molar-refractivity contribution in [1.82, 2.24) is 4.72 Å². The molecule has 23 heavy (non-hydrogen) atoms. The van der Waals surface area contributed by atoms with Gasteiger partial charge in [-0.2, -0.15) is 0 Å². The highest BCUT2D eigenvalue weighted by Crippen LogP contribution is 2.27. The largest absolute Gasteiger partial charge is 0.466 e. The minimum Gasteiger partial charge on any atom is -0.466 e. The van der Waals surface area contributed by atoms with Gasteiger partial charge in [-0.05, 0) is 57.9 Å². The summed E-state index contributed by atoms with van der Waals surface area (Å²) >= 11 is 0. The van der Waals surface area contributed by atoms with E-state index >= 15 is 0 Å². The van der Waals surface area contributed by atoms with E-state index in [9.17, 15) is 13.5 Å². The van der Waals surface area contributed by atoms with Crippen molar-refractivity contribution in [3.8, 4) is 0 Å². The highest BCUT2D eigenvalue weighted by atomic mass is 32.2. The first-order valence-electron chi connectivity index (χ1n) is 7.40. The Morgan fingerprint density at radius 2 is 1.83 bits per heavy atom. The topological polar surface area (TPSA) is 79.5 Å². The van der Waals surface area contributed by atoms with Crippen LogP contribution in [0.25, 0.3) is 0 Å². The van der Waals surface area contributed by atoms with E-state index in [0.717, 1.165) is 5.56 Å². The van der Waals surface area contributed by atoms with Crippen molar-refractivity contribution < 1.29 is 17.9 Å². The molecular weight excluding hydrogens is 314 g/mol. The molecule has 0 aliphatic carbocycles. The molecule has 0 spiro atoms. The Labute approximate surface area is 137 Å². The third kappa shape index (κ3) is 3.83. The molecule has 1 aromatic heterocycles. The zero-order valence-electron chi connectivity index (χ0n) is 14.1. The van der Waals surface area contributed by atoms with Crippen LogP contribution in [0.4, 0.5) is 0 Å². The van der Waals surface area contributed by atoms with Crippen molar-refractivity contribution in [2.24, 2.45) is 0 Å². The molecule has 2 rings (SSSR count). The first kappa shape index (κ1) is 17.7. The summed E-state index contributed by atoms with van der Waals surface area (Å²) in [6.45, 7) is 8.54. The highest BCUT2D eigenvalue weighted by molar-refractivity contribution is 7.89. The predicted molar refractivity (Wildman–Crippen MR) is 88.9 cm³/mol. The molecule has 0 fully saturated rings. The third-order valence-electron chi connectivity index (χ3n) is 3.86. The lowest BCUT2D eigenvalue weighted by Crippen LogP contribution is -2.39. The average Bonchev–Trinajstić information content (AvgIpc) is 2.79. The molecule has 1 aromatic carbocycles. The van der Waals surface area contributed by atoms with E-state index in [-0.39, 0.29) is 11.4 Å². The SMILES string of the molecule is Cc1ccc(C)c(S(=O)(=O)NCC(C)(O)c2cc(C)oc2C)c1. The van der Waals surface area contributed by atoms with Gasteiger partial charge in [-0.1, -0.05) is 12.1 Å². The molecule has 1 heterocycles. The zero-order chi connectivity index (χ0) is 17.4. The lowest BCUT2D eigenvalue weighted by molar-refractivity contribution is 0.0612. The second kappa shape index (κ2) is 6.11. The van der Waals surface area contributed by atoms with Crippen molar-refractivity contribution in [2.45, 2.75) is 45.1 Å². The monoisotopic (exact) mass is 337 g/mol. The number of aliphatic hydroxyl groups is 1. The van der Waals surface area contributed by atoms with Gasteiger partial charge in [-0.3, -0.25) is 0 Å². The summed E-state index contributed by atoms with van der Waals surface area (Å²) in [6, 6.07) is 6.98. The number of hydrogen-bond acceptors (Lipinski definition) is 4. The molecule has 0 aliphatic heterocycles. The van der Waals surface area contributed by atoms with Crippen LogP contribution in [0.3, 0.4) is 0 Å². The fraction of sp³-hybridized carbons (Fsp3) is 0.412. The number of sulfonamides is 1. The van der Waals surface area contributed by atoms with Crippen LogP contribution in [0.2, 0.25) is 0 Å². The van der Waals surface area contributed by atoms with Crippen LogP contribution in [0.5, 0.6) is 0 Å². The molecule has 5 nitrogen and oxygen atoms in total. The first-order chi connectivity index (χ1) is 10.5. The lowest BCUT2D eigenvalue weighted by Gasteiger charge is -2.23. The number of hydrogen-bond donors (Lipinski definition) is 2. The molecule has 126 valence electrons. The van der Waals surface area contributed by atoms with Gasteiger partial charge in [0, 0.05) is 12.1 Å². The Morgan fingerprint density at radius 3 is 2.39 bits per heavy atom. The van der Waals surface area contributed by atoms with Crippen molar-refractivity contribution in [3.05, 3.63) is 52.5 Å². The Balaban J connectivity index is 2.25. The maximum Gasteiger partial charge on any atom is 0.240 e. The van der Waals surface area contributed by atoms with Gasteiger partial charge in [0.05, 0.1) is 4.90 Å². The second-order valence-electron chi connectivity index (χ2n) is 6.19. The quantitative estimate of drug-likeness (QED) is 0.879. The first-order valence-corrected chi connectivity index (χ1v) is 8.88. The smallest absolute Gasteiger partial charge is 0.240 e. The molecule has 2 aromatic rings. The van der Waals surface area contributed by atoms with E-state index in [4.69, 9.17) is 4.42 Å². The molecule has 0 aliphatic rings. The lowest BCUT2D eigenvalue weighted by atomic mass is 9.97. The van der Waals surface area contributed by atoms with E-state index < -0.39 is 15.6 Å². The van der Waals surface area contributed by atoms with Gasteiger partial charge < -0.3 is 9.52 Å². The van der Waals surface area contributed by atoms with Crippen LogP contribution in [0, 0.1) is 27.7 Å². The van der Waals surface area contributed by atoms with Gasteiger partial charge in [-0.15, -0.1) is 0 Å². The van der Waals surface area contributed by atoms with E-state index in [1.54, 1.807) is 45.9 Å². The maximum atomic E-state index is 12.5. The van der Waals surface area contributed by atoms with Crippen LogP contribution < -0.4 is 4.72 Å². The van der Waals surface area contributed by atoms with Crippen LogP contribution >= 0.6 is 0 Å². The Kier molecular flexibility index (Phi) is 4.71. The predicted octanol–water partition coefficient (Wildman–Crippen LogP) is 2.70. The molecule has 1 unspecified atom stereocenters. The summed E-state index contributed by atoms with van der Waals surface area (Å²) in [4.78, 5) is 0.230. The fourth-order valence-electron chi connectivity index (χ4n) is 2.57. The Hall–Kier alpha value is -1.63. The molecule has 0 radical (unpaired) electrons. The van der Waals surface area contributed by atoms with Gasteiger partial charge in [-0.25, -0.2) is 13.1 Å². The van der Waals surface area contributed by atoms with Crippen molar-refractivity contribution >= 4 is 10.0 Å². The Morgan fingerprint density at radius 1 is 1.17 bits per heavy atom. The van der Waals surface area contributed by atoms with E-state index in [0.29, 0.717) is 22.6 Å². The summed E-state index contributed by atoms with van der Waals surface area (Å²) in [5.74, 6) is 1.26. The van der Waals surface area contributed by atoms with E-state index in [2.05, 4.69) is 4.72 Å². The number of aryl methyl sites for hydroxylation is 4. The van der Waals surface area contributed by atoms with E-state index in [1.807, 2.05) is 13.0 Å². The average molecular weight is 337 g/mol. The summed E-state index contributed by atoms with van der Waals surface area (Å²) < 4.78 is 33.0. The minimum atomic E-state index is -3.70. The molecule has 6 heteroatoms. The number of furan rings is 1. The van der Waals surface area contributed by atoms with Gasteiger partial charge >= 0.3 is 0 Å². The number of rotatable bonds is 5. The van der Waals surface area contributed by atoms with Crippen molar-refractivity contribution in [2.75, 3.05) is 6.54 Å². The number of benzene rings is 1.